The van der Waals surface area contributed by atoms with Crippen molar-refractivity contribution in [3.8, 4) is 0 Å². The molecule has 2 heterocycles. The lowest BCUT2D eigenvalue weighted by molar-refractivity contribution is -0.146. The third-order valence-electron chi connectivity index (χ3n) is 4.79. The molecule has 1 N–H and O–H groups in total. The van der Waals surface area contributed by atoms with Crippen LogP contribution in [0.25, 0.3) is 0 Å². The number of amides is 3. The summed E-state index contributed by atoms with van der Waals surface area (Å²) in [5.74, 6) is -2.52. The van der Waals surface area contributed by atoms with Crippen LogP contribution in [0.2, 0.25) is 0 Å². The second kappa shape index (κ2) is 7.12. The van der Waals surface area contributed by atoms with Crippen molar-refractivity contribution in [2.45, 2.75) is 11.4 Å². The second-order valence-corrected chi connectivity index (χ2v) is 7.61. The van der Waals surface area contributed by atoms with Gasteiger partial charge in [-0.25, -0.2) is 0 Å². The predicted octanol–water partition coefficient (Wildman–Crippen LogP) is 2.01. The Hall–Kier alpha value is -3.13. The van der Waals surface area contributed by atoms with E-state index in [0.29, 0.717) is 0 Å². The standard InChI is InChI=1S/C20H16N2O5S/c23-16(24)10-21-19(27)15(11-28-20(21)12-6-2-1-3-7-12)22-17(25)13-8-4-5-9-14(13)18(22)26/h1-9,15,20H,10-11H2,(H,23,24)/t15?,20-/m1/s1. The molecular formula is C20H16N2O5S. The van der Waals surface area contributed by atoms with E-state index in [1.54, 1.807) is 24.3 Å². The summed E-state index contributed by atoms with van der Waals surface area (Å²) in [6.07, 6.45) is 0. The van der Waals surface area contributed by atoms with Gasteiger partial charge < -0.3 is 10.0 Å². The van der Waals surface area contributed by atoms with Crippen LogP contribution in [0.1, 0.15) is 31.7 Å². The quantitative estimate of drug-likeness (QED) is 0.795. The van der Waals surface area contributed by atoms with Crippen molar-refractivity contribution < 1.29 is 24.3 Å². The van der Waals surface area contributed by atoms with Crippen molar-refractivity contribution in [3.63, 3.8) is 0 Å². The number of hydrogen-bond acceptors (Lipinski definition) is 5. The van der Waals surface area contributed by atoms with Gasteiger partial charge in [-0.1, -0.05) is 42.5 Å². The van der Waals surface area contributed by atoms with E-state index in [4.69, 9.17) is 0 Å². The molecule has 28 heavy (non-hydrogen) atoms. The SMILES string of the molecule is O=C(O)CN1C(=O)C(N2C(=O)c3ccccc3C2=O)CS[C@@H]1c1ccccc1. The molecule has 2 aromatic rings. The third-order valence-corrected chi connectivity index (χ3v) is 6.14. The average Bonchev–Trinajstić information content (AvgIpc) is 2.95. The van der Waals surface area contributed by atoms with Crippen LogP contribution in [0.3, 0.4) is 0 Å². The molecule has 1 saturated heterocycles. The van der Waals surface area contributed by atoms with Crippen molar-refractivity contribution >= 4 is 35.5 Å². The number of imide groups is 1. The maximum atomic E-state index is 13.2. The van der Waals surface area contributed by atoms with E-state index in [1.165, 1.54) is 16.7 Å². The smallest absolute Gasteiger partial charge is 0.323 e. The van der Waals surface area contributed by atoms with E-state index < -0.39 is 41.7 Å². The van der Waals surface area contributed by atoms with Crippen LogP contribution in [-0.2, 0) is 9.59 Å². The number of hydrogen-bond donors (Lipinski definition) is 1. The summed E-state index contributed by atoms with van der Waals surface area (Å²) in [6, 6.07) is 14.5. The van der Waals surface area contributed by atoms with Gasteiger partial charge in [0.2, 0.25) is 5.91 Å². The zero-order chi connectivity index (χ0) is 19.8. The van der Waals surface area contributed by atoms with Gasteiger partial charge in [-0.15, -0.1) is 11.8 Å². The molecule has 0 aliphatic carbocycles. The fourth-order valence-corrected chi connectivity index (χ4v) is 4.89. The highest BCUT2D eigenvalue weighted by molar-refractivity contribution is 7.99. The minimum Gasteiger partial charge on any atom is -0.480 e. The lowest BCUT2D eigenvalue weighted by atomic mass is 10.1. The summed E-state index contributed by atoms with van der Waals surface area (Å²) >= 11 is 1.34. The highest BCUT2D eigenvalue weighted by Crippen LogP contribution is 2.39. The van der Waals surface area contributed by atoms with E-state index in [9.17, 15) is 24.3 Å². The van der Waals surface area contributed by atoms with E-state index in [1.807, 2.05) is 30.3 Å². The first-order chi connectivity index (χ1) is 13.5. The summed E-state index contributed by atoms with van der Waals surface area (Å²) in [5.41, 5.74) is 1.32. The second-order valence-electron chi connectivity index (χ2n) is 6.50. The summed E-state index contributed by atoms with van der Waals surface area (Å²) in [4.78, 5) is 52.2. The molecular weight excluding hydrogens is 380 g/mol. The Labute approximate surface area is 164 Å². The zero-order valence-corrected chi connectivity index (χ0v) is 15.5. The minimum atomic E-state index is -1.15. The highest BCUT2D eigenvalue weighted by Gasteiger charge is 2.47. The molecule has 2 atom stereocenters. The Morgan fingerprint density at radius 1 is 0.964 bits per heavy atom. The summed E-state index contributed by atoms with van der Waals surface area (Å²) in [6.45, 7) is -0.509. The topological polar surface area (TPSA) is 95.0 Å². The van der Waals surface area contributed by atoms with Crippen LogP contribution < -0.4 is 0 Å². The lowest BCUT2D eigenvalue weighted by Gasteiger charge is -2.40. The van der Waals surface area contributed by atoms with Crippen LogP contribution in [0.5, 0.6) is 0 Å². The van der Waals surface area contributed by atoms with Gasteiger partial charge in [0.15, 0.2) is 0 Å². The minimum absolute atomic E-state index is 0.208. The molecule has 142 valence electrons. The van der Waals surface area contributed by atoms with Gasteiger partial charge in [-0.3, -0.25) is 24.1 Å². The normalized spacial score (nSPS) is 21.8. The molecule has 0 aromatic heterocycles. The first-order valence-corrected chi connectivity index (χ1v) is 9.69. The maximum Gasteiger partial charge on any atom is 0.323 e. The number of thioether (sulfide) groups is 1. The molecule has 2 aromatic carbocycles. The van der Waals surface area contributed by atoms with Crippen LogP contribution in [-0.4, -0.2) is 56.9 Å². The van der Waals surface area contributed by atoms with E-state index in [0.717, 1.165) is 10.5 Å². The van der Waals surface area contributed by atoms with E-state index in [-0.39, 0.29) is 16.9 Å². The Kier molecular flexibility index (Phi) is 4.64. The molecule has 3 amide bonds. The van der Waals surface area contributed by atoms with E-state index in [2.05, 4.69) is 0 Å². The Morgan fingerprint density at radius 3 is 2.11 bits per heavy atom. The Morgan fingerprint density at radius 2 is 1.54 bits per heavy atom. The van der Waals surface area contributed by atoms with Gasteiger partial charge in [0, 0.05) is 5.75 Å². The fraction of sp³-hybridized carbons (Fsp3) is 0.200. The van der Waals surface area contributed by atoms with Gasteiger partial charge in [0.25, 0.3) is 11.8 Å². The molecule has 7 nitrogen and oxygen atoms in total. The van der Waals surface area contributed by atoms with Crippen LogP contribution in [0.4, 0.5) is 0 Å². The highest BCUT2D eigenvalue weighted by atomic mass is 32.2. The largest absolute Gasteiger partial charge is 0.480 e. The van der Waals surface area contributed by atoms with Gasteiger partial charge in [-0.05, 0) is 17.7 Å². The molecule has 0 bridgehead atoms. The molecule has 4 rings (SSSR count). The molecule has 0 saturated carbocycles. The van der Waals surface area contributed by atoms with Crippen molar-refractivity contribution in [3.05, 3.63) is 71.3 Å². The third kappa shape index (κ3) is 2.95. The number of aliphatic carboxylic acids is 1. The lowest BCUT2D eigenvalue weighted by Crippen LogP contribution is -2.56. The van der Waals surface area contributed by atoms with Crippen molar-refractivity contribution in [1.29, 1.82) is 0 Å². The Balaban J connectivity index is 1.66. The average molecular weight is 396 g/mol. The number of carbonyl (C=O) groups excluding carboxylic acids is 3. The summed E-state index contributed by atoms with van der Waals surface area (Å²) < 4.78 is 0. The number of nitrogens with zero attached hydrogens (tertiary/aromatic N) is 2. The van der Waals surface area contributed by atoms with Crippen molar-refractivity contribution in [1.82, 2.24) is 9.80 Å². The summed E-state index contributed by atoms with van der Waals surface area (Å²) in [5, 5.41) is 8.81. The van der Waals surface area contributed by atoms with Crippen LogP contribution >= 0.6 is 11.8 Å². The number of carboxylic acids is 1. The molecule has 0 spiro atoms. The number of fused-ring (bicyclic) bond motifs is 1. The maximum absolute atomic E-state index is 13.2. The van der Waals surface area contributed by atoms with Crippen LogP contribution in [0.15, 0.2) is 54.6 Å². The molecule has 8 heteroatoms. The molecule has 2 aliphatic rings. The van der Waals surface area contributed by atoms with Crippen molar-refractivity contribution in [2.24, 2.45) is 0 Å². The van der Waals surface area contributed by atoms with Gasteiger partial charge in [0.05, 0.1) is 11.1 Å². The van der Waals surface area contributed by atoms with Crippen molar-refractivity contribution in [2.75, 3.05) is 12.3 Å². The number of rotatable bonds is 4. The summed E-state index contributed by atoms with van der Waals surface area (Å²) in [7, 11) is 0. The van der Waals surface area contributed by atoms with Gasteiger partial charge >= 0.3 is 5.97 Å². The monoisotopic (exact) mass is 396 g/mol. The first-order valence-electron chi connectivity index (χ1n) is 8.65. The molecule has 2 aliphatic heterocycles. The predicted molar refractivity (Wildman–Crippen MR) is 102 cm³/mol. The number of carbonyl (C=O) groups is 4. The fourth-order valence-electron chi connectivity index (χ4n) is 3.53. The van der Waals surface area contributed by atoms with Gasteiger partial charge in [0.1, 0.15) is 18.0 Å². The molecule has 1 unspecified atom stereocenters. The van der Waals surface area contributed by atoms with Gasteiger partial charge in [-0.2, -0.15) is 0 Å². The zero-order valence-electron chi connectivity index (χ0n) is 14.6. The number of benzene rings is 2. The molecule has 1 fully saturated rings. The first kappa shape index (κ1) is 18.2. The molecule has 0 radical (unpaired) electrons. The number of carboxylic acid groups (broad SMARTS) is 1. The van der Waals surface area contributed by atoms with E-state index >= 15 is 0 Å². The van der Waals surface area contributed by atoms with Crippen LogP contribution in [0, 0.1) is 0 Å². The Bertz CT molecular complexity index is 943.